The Kier molecular flexibility index (Phi) is 4.97. The van der Waals surface area contributed by atoms with Crippen molar-refractivity contribution in [1.29, 1.82) is 0 Å². The molecule has 0 aliphatic rings. The van der Waals surface area contributed by atoms with Crippen LogP contribution in [0.2, 0.25) is 0 Å². The van der Waals surface area contributed by atoms with E-state index in [9.17, 15) is 5.11 Å². The Bertz CT molecular complexity index is 540. The number of hydrogen-bond donors (Lipinski definition) is 1. The summed E-state index contributed by atoms with van der Waals surface area (Å²) in [6, 6.07) is 16.5. The van der Waals surface area contributed by atoms with Gasteiger partial charge in [0, 0.05) is 0 Å². The molecule has 0 aliphatic carbocycles. The molecular weight excluding hydrogens is 244 g/mol. The van der Waals surface area contributed by atoms with Crippen molar-refractivity contribution < 1.29 is 5.11 Å². The molecular formula is C19H24O. The van der Waals surface area contributed by atoms with Crippen molar-refractivity contribution in [2.45, 2.75) is 39.7 Å². The highest BCUT2D eigenvalue weighted by Gasteiger charge is 2.13. The first-order valence-corrected chi connectivity index (χ1v) is 7.46. The van der Waals surface area contributed by atoms with E-state index in [1.54, 1.807) is 0 Å². The molecule has 0 aromatic heterocycles. The summed E-state index contributed by atoms with van der Waals surface area (Å²) in [6.07, 6.45) is 1.50. The third-order valence-corrected chi connectivity index (χ3v) is 3.67. The maximum absolute atomic E-state index is 10.6. The van der Waals surface area contributed by atoms with Crippen LogP contribution in [0.5, 0.6) is 0 Å². The molecule has 0 radical (unpaired) electrons. The molecule has 106 valence electrons. The van der Waals surface area contributed by atoms with Gasteiger partial charge in [0.1, 0.15) is 6.10 Å². The summed E-state index contributed by atoms with van der Waals surface area (Å²) in [4.78, 5) is 0. The second kappa shape index (κ2) is 6.71. The Morgan fingerprint density at radius 1 is 0.950 bits per heavy atom. The third kappa shape index (κ3) is 3.49. The van der Waals surface area contributed by atoms with Crippen molar-refractivity contribution in [3.05, 3.63) is 70.8 Å². The van der Waals surface area contributed by atoms with Crippen LogP contribution in [0.4, 0.5) is 0 Å². The van der Waals surface area contributed by atoms with Crippen molar-refractivity contribution in [2.75, 3.05) is 0 Å². The minimum absolute atomic E-state index is 0.528. The minimum Gasteiger partial charge on any atom is -0.384 e. The van der Waals surface area contributed by atoms with Crippen LogP contribution in [0.25, 0.3) is 0 Å². The summed E-state index contributed by atoms with van der Waals surface area (Å²) in [7, 11) is 0. The van der Waals surface area contributed by atoms with E-state index in [2.05, 4.69) is 51.1 Å². The van der Waals surface area contributed by atoms with Gasteiger partial charge in [-0.05, 0) is 41.0 Å². The standard InChI is InChI=1S/C19H24O/c1-4-16-7-5-6-8-18(16)19(20)17-11-9-15(10-12-17)13-14(2)3/h5-12,14,19-20H,4,13H2,1-3H3. The molecule has 1 heteroatoms. The number of hydrogen-bond acceptors (Lipinski definition) is 1. The van der Waals surface area contributed by atoms with Gasteiger partial charge in [0.2, 0.25) is 0 Å². The zero-order valence-electron chi connectivity index (χ0n) is 12.6. The molecule has 1 nitrogen and oxygen atoms in total. The van der Waals surface area contributed by atoms with Crippen LogP contribution in [0.1, 0.15) is 49.1 Å². The van der Waals surface area contributed by atoms with Crippen molar-refractivity contribution >= 4 is 0 Å². The molecule has 2 aromatic rings. The highest BCUT2D eigenvalue weighted by molar-refractivity contribution is 5.36. The highest BCUT2D eigenvalue weighted by Crippen LogP contribution is 2.25. The fourth-order valence-electron chi connectivity index (χ4n) is 2.61. The lowest BCUT2D eigenvalue weighted by Crippen LogP contribution is -2.03. The Morgan fingerprint density at radius 2 is 1.60 bits per heavy atom. The largest absolute Gasteiger partial charge is 0.384 e. The van der Waals surface area contributed by atoms with Crippen LogP contribution >= 0.6 is 0 Å². The first-order valence-electron chi connectivity index (χ1n) is 7.46. The zero-order chi connectivity index (χ0) is 14.5. The molecule has 0 heterocycles. The van der Waals surface area contributed by atoms with Gasteiger partial charge >= 0.3 is 0 Å². The molecule has 1 atom stereocenters. The Morgan fingerprint density at radius 3 is 2.20 bits per heavy atom. The minimum atomic E-state index is -0.528. The molecule has 0 saturated heterocycles. The quantitative estimate of drug-likeness (QED) is 0.844. The van der Waals surface area contributed by atoms with Crippen LogP contribution in [0.15, 0.2) is 48.5 Å². The average molecular weight is 268 g/mol. The summed E-state index contributed by atoms with van der Waals surface area (Å²) < 4.78 is 0. The number of aliphatic hydroxyl groups is 1. The molecule has 0 fully saturated rings. The van der Waals surface area contributed by atoms with Gasteiger partial charge in [-0.3, -0.25) is 0 Å². The van der Waals surface area contributed by atoms with E-state index in [1.807, 2.05) is 18.2 Å². The molecule has 0 spiro atoms. The third-order valence-electron chi connectivity index (χ3n) is 3.67. The maximum atomic E-state index is 10.6. The average Bonchev–Trinajstić information content (AvgIpc) is 2.46. The lowest BCUT2D eigenvalue weighted by molar-refractivity contribution is 0.219. The van der Waals surface area contributed by atoms with E-state index < -0.39 is 6.10 Å². The summed E-state index contributed by atoms with van der Waals surface area (Å²) in [6.45, 7) is 6.57. The van der Waals surface area contributed by atoms with Gasteiger partial charge in [-0.2, -0.15) is 0 Å². The topological polar surface area (TPSA) is 20.2 Å². The molecule has 0 aliphatic heterocycles. The molecule has 2 aromatic carbocycles. The molecule has 0 saturated carbocycles. The van der Waals surface area contributed by atoms with Gasteiger partial charge in [-0.1, -0.05) is 69.3 Å². The first kappa shape index (κ1) is 14.8. The highest BCUT2D eigenvalue weighted by atomic mass is 16.3. The fourth-order valence-corrected chi connectivity index (χ4v) is 2.61. The Hall–Kier alpha value is -1.60. The Labute approximate surface area is 122 Å². The number of rotatable bonds is 5. The summed E-state index contributed by atoms with van der Waals surface area (Å²) in [5.74, 6) is 0.659. The van der Waals surface area contributed by atoms with Crippen LogP contribution in [0.3, 0.4) is 0 Å². The lowest BCUT2D eigenvalue weighted by Gasteiger charge is -2.16. The summed E-state index contributed by atoms with van der Waals surface area (Å²) in [5.41, 5.74) is 4.54. The van der Waals surface area contributed by atoms with Gasteiger partial charge in [0.15, 0.2) is 0 Å². The van der Waals surface area contributed by atoms with Crippen molar-refractivity contribution in [1.82, 2.24) is 0 Å². The van der Waals surface area contributed by atoms with E-state index in [1.165, 1.54) is 11.1 Å². The van der Waals surface area contributed by atoms with Crippen LogP contribution < -0.4 is 0 Å². The van der Waals surface area contributed by atoms with Gasteiger partial charge in [-0.25, -0.2) is 0 Å². The SMILES string of the molecule is CCc1ccccc1C(O)c1ccc(CC(C)C)cc1. The van der Waals surface area contributed by atoms with E-state index in [4.69, 9.17) is 0 Å². The van der Waals surface area contributed by atoms with Crippen LogP contribution in [-0.4, -0.2) is 5.11 Å². The van der Waals surface area contributed by atoms with Crippen molar-refractivity contribution in [3.63, 3.8) is 0 Å². The number of aryl methyl sites for hydroxylation is 1. The molecule has 20 heavy (non-hydrogen) atoms. The van der Waals surface area contributed by atoms with Gasteiger partial charge < -0.3 is 5.11 Å². The zero-order valence-corrected chi connectivity index (χ0v) is 12.6. The maximum Gasteiger partial charge on any atom is 0.104 e. The van der Waals surface area contributed by atoms with Gasteiger partial charge in [0.25, 0.3) is 0 Å². The van der Waals surface area contributed by atoms with Crippen LogP contribution in [0, 0.1) is 5.92 Å². The smallest absolute Gasteiger partial charge is 0.104 e. The van der Waals surface area contributed by atoms with E-state index in [0.717, 1.165) is 24.0 Å². The summed E-state index contributed by atoms with van der Waals surface area (Å²) in [5, 5.41) is 10.6. The van der Waals surface area contributed by atoms with Gasteiger partial charge in [0.05, 0.1) is 0 Å². The Balaban J connectivity index is 2.22. The second-order valence-corrected chi connectivity index (χ2v) is 5.79. The predicted molar refractivity (Wildman–Crippen MR) is 84.9 cm³/mol. The normalized spacial score (nSPS) is 12.7. The molecule has 1 unspecified atom stereocenters. The van der Waals surface area contributed by atoms with Crippen molar-refractivity contribution in [3.8, 4) is 0 Å². The number of aliphatic hydroxyl groups excluding tert-OH is 1. The van der Waals surface area contributed by atoms with Crippen molar-refractivity contribution in [2.24, 2.45) is 5.92 Å². The monoisotopic (exact) mass is 268 g/mol. The molecule has 1 N–H and O–H groups in total. The van der Waals surface area contributed by atoms with Gasteiger partial charge in [-0.15, -0.1) is 0 Å². The van der Waals surface area contributed by atoms with Crippen LogP contribution in [-0.2, 0) is 12.8 Å². The van der Waals surface area contributed by atoms with E-state index >= 15 is 0 Å². The molecule has 0 bridgehead atoms. The summed E-state index contributed by atoms with van der Waals surface area (Å²) >= 11 is 0. The fraction of sp³-hybridized carbons (Fsp3) is 0.368. The predicted octanol–water partition coefficient (Wildman–Crippen LogP) is 4.53. The number of benzene rings is 2. The van der Waals surface area contributed by atoms with E-state index in [0.29, 0.717) is 5.92 Å². The second-order valence-electron chi connectivity index (χ2n) is 5.79. The first-order chi connectivity index (χ1) is 9.61. The molecule has 0 amide bonds. The van der Waals surface area contributed by atoms with E-state index in [-0.39, 0.29) is 0 Å². The lowest BCUT2D eigenvalue weighted by atomic mass is 9.94. The molecule has 2 rings (SSSR count).